The Labute approximate surface area is 202 Å². The Morgan fingerprint density at radius 1 is 0.741 bits per heavy atom. The summed E-state index contributed by atoms with van der Waals surface area (Å²) in [5.41, 5.74) is 1.23. The molecule has 27 heavy (non-hydrogen) atoms. The zero-order valence-electron chi connectivity index (χ0n) is 14.3. The Morgan fingerprint density at radius 3 is 1.41 bits per heavy atom. The molecule has 2 N–H and O–H groups in total. The van der Waals surface area contributed by atoms with E-state index in [0.717, 1.165) is 8.95 Å². The van der Waals surface area contributed by atoms with Crippen LogP contribution in [-0.4, -0.2) is 34.7 Å². The van der Waals surface area contributed by atoms with Gasteiger partial charge in [-0.1, -0.05) is 31.9 Å². The van der Waals surface area contributed by atoms with E-state index in [0.29, 0.717) is 20.1 Å². The number of rotatable bonds is 5. The quantitative estimate of drug-likeness (QED) is 0.359. The van der Waals surface area contributed by atoms with Crippen LogP contribution in [0.15, 0.2) is 52.1 Å². The number of nitrogens with zero attached hydrogens (tertiary/aromatic N) is 2. The Bertz CT molecular complexity index is 803. The van der Waals surface area contributed by atoms with Crippen molar-refractivity contribution in [1.29, 1.82) is 0 Å². The van der Waals surface area contributed by atoms with Crippen molar-refractivity contribution in [3.05, 3.63) is 53.3 Å². The molecule has 0 fully saturated rings. The van der Waals surface area contributed by atoms with E-state index in [4.69, 9.17) is 0 Å². The van der Waals surface area contributed by atoms with Crippen LogP contribution in [-0.2, 0) is 16.8 Å². The van der Waals surface area contributed by atoms with Gasteiger partial charge in [0.05, 0.1) is 21.0 Å². The Hall–Kier alpha value is -0.194. The van der Waals surface area contributed by atoms with Gasteiger partial charge in [-0.25, -0.2) is 0 Å². The first-order chi connectivity index (χ1) is 12.2. The monoisotopic (exact) mass is 667 g/mol. The maximum atomic E-state index is 10.1. The number of phenols is 2. The SMILES string of the molecule is C[C@H](N=Cc1cc(Br)cc(Br)c1O)[C@H](C)N=Cc1cc(Br)cc(Br)c1O.[Co]. The van der Waals surface area contributed by atoms with E-state index in [2.05, 4.69) is 73.7 Å². The molecule has 0 unspecified atom stereocenters. The first-order valence-electron chi connectivity index (χ1n) is 7.61. The van der Waals surface area contributed by atoms with Crippen LogP contribution < -0.4 is 0 Å². The van der Waals surface area contributed by atoms with Crippen molar-refractivity contribution in [2.45, 2.75) is 25.9 Å². The summed E-state index contributed by atoms with van der Waals surface area (Å²) in [6.07, 6.45) is 3.27. The summed E-state index contributed by atoms with van der Waals surface area (Å²) in [7, 11) is 0. The van der Waals surface area contributed by atoms with Gasteiger partial charge in [0.15, 0.2) is 0 Å². The van der Waals surface area contributed by atoms with E-state index in [9.17, 15) is 10.2 Å². The Kier molecular flexibility index (Phi) is 10.2. The van der Waals surface area contributed by atoms with Gasteiger partial charge in [-0.05, 0) is 70.0 Å². The predicted octanol–water partition coefficient (Wildman–Crippen LogP) is 6.46. The number of hydrogen-bond donors (Lipinski definition) is 2. The summed E-state index contributed by atoms with van der Waals surface area (Å²) < 4.78 is 2.89. The van der Waals surface area contributed by atoms with E-state index in [-0.39, 0.29) is 40.4 Å². The molecule has 0 amide bonds. The fraction of sp³-hybridized carbons (Fsp3) is 0.222. The van der Waals surface area contributed by atoms with E-state index in [1.807, 2.05) is 13.8 Å². The predicted molar refractivity (Wildman–Crippen MR) is 121 cm³/mol. The van der Waals surface area contributed by atoms with Crippen molar-refractivity contribution in [2.75, 3.05) is 0 Å². The second kappa shape index (κ2) is 11.1. The standard InChI is InChI=1S/C18H16Br4N2O2.Co/c1-9(23-7-11-3-13(19)5-15(21)17(11)25)10(2)24-8-12-4-14(20)6-16(22)18(12)26;/h3-10,25-26H,1-2H3;/t9-,10-;/m0./s1. The molecule has 0 aliphatic rings. The number of phenolic OH excluding ortho intramolecular Hbond substituents is 2. The first kappa shape index (κ1) is 24.8. The normalized spacial score (nSPS) is 13.7. The summed E-state index contributed by atoms with van der Waals surface area (Å²) in [5, 5.41) is 20.2. The molecular weight excluding hydrogens is 655 g/mol. The number of aliphatic imine (C=N–C) groups is 2. The molecule has 0 saturated heterocycles. The molecule has 9 heteroatoms. The molecule has 1 radical (unpaired) electrons. The summed E-state index contributed by atoms with van der Waals surface area (Å²) in [5.74, 6) is 0.286. The molecule has 2 atom stereocenters. The molecule has 147 valence electrons. The third-order valence-electron chi connectivity index (χ3n) is 3.71. The third kappa shape index (κ3) is 6.97. The summed E-state index contributed by atoms with van der Waals surface area (Å²) in [6.45, 7) is 3.89. The molecule has 0 spiro atoms. The molecule has 2 aromatic carbocycles. The molecular formula is C18H16Br4CoN2O2. The van der Waals surface area contributed by atoms with Gasteiger partial charge in [-0.15, -0.1) is 0 Å². The zero-order valence-corrected chi connectivity index (χ0v) is 21.6. The van der Waals surface area contributed by atoms with Crippen LogP contribution in [0.25, 0.3) is 0 Å². The summed E-state index contributed by atoms with van der Waals surface area (Å²) in [4.78, 5) is 8.97. The van der Waals surface area contributed by atoms with Gasteiger partial charge in [0.25, 0.3) is 0 Å². The molecule has 0 bridgehead atoms. The maximum Gasteiger partial charge on any atom is 0.138 e. The van der Waals surface area contributed by atoms with Crippen LogP contribution in [0.3, 0.4) is 0 Å². The average Bonchev–Trinajstić information content (AvgIpc) is 2.57. The second-order valence-corrected chi connectivity index (χ2v) is 9.23. The smallest absolute Gasteiger partial charge is 0.138 e. The van der Waals surface area contributed by atoms with Gasteiger partial charge < -0.3 is 10.2 Å². The minimum absolute atomic E-state index is 0. The average molecular weight is 671 g/mol. The van der Waals surface area contributed by atoms with E-state index < -0.39 is 0 Å². The first-order valence-corrected chi connectivity index (χ1v) is 10.8. The largest absolute Gasteiger partial charge is 0.506 e. The van der Waals surface area contributed by atoms with E-state index >= 15 is 0 Å². The maximum absolute atomic E-state index is 10.1. The Balaban J connectivity index is 0.00000364. The van der Waals surface area contributed by atoms with Gasteiger partial charge in [0, 0.05) is 49.3 Å². The van der Waals surface area contributed by atoms with Crippen LogP contribution in [0.4, 0.5) is 0 Å². The summed E-state index contributed by atoms with van der Waals surface area (Å²) >= 11 is 13.4. The van der Waals surface area contributed by atoms with Crippen molar-refractivity contribution < 1.29 is 27.0 Å². The van der Waals surface area contributed by atoms with Crippen molar-refractivity contribution in [2.24, 2.45) is 9.98 Å². The minimum Gasteiger partial charge on any atom is -0.506 e. The number of hydrogen-bond acceptors (Lipinski definition) is 4. The van der Waals surface area contributed by atoms with Crippen molar-refractivity contribution in [3.63, 3.8) is 0 Å². The molecule has 0 heterocycles. The van der Waals surface area contributed by atoms with Crippen LogP contribution in [0.1, 0.15) is 25.0 Å². The fourth-order valence-corrected chi connectivity index (χ4v) is 4.53. The number of benzene rings is 2. The molecule has 2 rings (SSSR count). The number of halogens is 4. The van der Waals surface area contributed by atoms with E-state index in [1.54, 1.807) is 36.7 Å². The van der Waals surface area contributed by atoms with E-state index in [1.165, 1.54) is 0 Å². The molecule has 0 saturated carbocycles. The second-order valence-electron chi connectivity index (χ2n) is 5.69. The van der Waals surface area contributed by atoms with Crippen LogP contribution in [0.5, 0.6) is 11.5 Å². The van der Waals surface area contributed by atoms with Crippen molar-refractivity contribution in [3.8, 4) is 11.5 Å². The molecule has 4 nitrogen and oxygen atoms in total. The Morgan fingerprint density at radius 2 is 1.07 bits per heavy atom. The van der Waals surface area contributed by atoms with Gasteiger partial charge in [-0.2, -0.15) is 0 Å². The topological polar surface area (TPSA) is 65.2 Å². The fourth-order valence-electron chi connectivity index (χ4n) is 2.01. The molecule has 0 aromatic heterocycles. The van der Waals surface area contributed by atoms with Crippen LogP contribution >= 0.6 is 63.7 Å². The number of aromatic hydroxyl groups is 2. The van der Waals surface area contributed by atoms with Gasteiger partial charge in [0.2, 0.25) is 0 Å². The molecule has 2 aromatic rings. The summed E-state index contributed by atoms with van der Waals surface area (Å²) in [6, 6.07) is 6.90. The van der Waals surface area contributed by atoms with Gasteiger partial charge in [0.1, 0.15) is 11.5 Å². The molecule has 0 aliphatic heterocycles. The van der Waals surface area contributed by atoms with Gasteiger partial charge in [-0.3, -0.25) is 9.98 Å². The van der Waals surface area contributed by atoms with Crippen molar-refractivity contribution >= 4 is 76.1 Å². The minimum atomic E-state index is -0.110. The van der Waals surface area contributed by atoms with Crippen LogP contribution in [0, 0.1) is 0 Å². The molecule has 0 aliphatic carbocycles. The third-order valence-corrected chi connectivity index (χ3v) is 5.84. The van der Waals surface area contributed by atoms with Gasteiger partial charge >= 0.3 is 0 Å². The van der Waals surface area contributed by atoms with Crippen molar-refractivity contribution in [1.82, 2.24) is 0 Å². The van der Waals surface area contributed by atoms with Crippen LogP contribution in [0.2, 0.25) is 0 Å². The zero-order chi connectivity index (χ0) is 19.4.